The first-order valence-electron chi connectivity index (χ1n) is 7.22. The highest BCUT2D eigenvalue weighted by Gasteiger charge is 2.34. The first kappa shape index (κ1) is 15.5. The van der Waals surface area contributed by atoms with Crippen LogP contribution in [0.5, 0.6) is 0 Å². The molecule has 1 aromatic rings. The maximum Gasteiger partial charge on any atom is 0.320 e. The Balaban J connectivity index is 0.000000161. The number of fused-ring (bicyclic) bond motifs is 1. The average Bonchev–Trinajstić information content (AvgIpc) is 2.93. The lowest BCUT2D eigenvalue weighted by atomic mass is 9.95. The predicted octanol–water partition coefficient (Wildman–Crippen LogP) is 2.25. The van der Waals surface area contributed by atoms with Crippen LogP contribution >= 0.6 is 0 Å². The molecule has 0 aromatic heterocycles. The molecule has 0 bridgehead atoms. The Morgan fingerprint density at radius 1 is 1.29 bits per heavy atom. The number of allylic oxidation sites excluding steroid dienone is 2. The second kappa shape index (κ2) is 7.20. The Morgan fingerprint density at radius 2 is 1.95 bits per heavy atom. The molecule has 1 aliphatic heterocycles. The topological polar surface area (TPSA) is 75.4 Å². The van der Waals surface area contributed by atoms with Gasteiger partial charge in [-0.05, 0) is 24.8 Å². The van der Waals surface area contributed by atoms with Crippen LogP contribution in [0.4, 0.5) is 0 Å². The molecule has 1 fully saturated rings. The van der Waals surface area contributed by atoms with E-state index in [1.165, 1.54) is 5.56 Å². The Bertz CT molecular complexity index is 503. The van der Waals surface area contributed by atoms with Gasteiger partial charge in [-0.3, -0.25) is 10.1 Å². The van der Waals surface area contributed by atoms with Crippen molar-refractivity contribution in [1.82, 2.24) is 5.32 Å². The van der Waals surface area contributed by atoms with Gasteiger partial charge in [-0.1, -0.05) is 54.6 Å². The molecular formula is C17H22N2O2. The van der Waals surface area contributed by atoms with E-state index >= 15 is 0 Å². The third kappa shape index (κ3) is 4.28. The molecule has 0 radical (unpaired) electrons. The minimum absolute atomic E-state index is 0.159. The third-order valence-electron chi connectivity index (χ3n) is 3.77. The molecule has 1 saturated heterocycles. The van der Waals surface area contributed by atoms with Crippen LogP contribution in [-0.4, -0.2) is 23.2 Å². The summed E-state index contributed by atoms with van der Waals surface area (Å²) in [5.41, 5.74) is 6.81. The highest BCUT2D eigenvalue weighted by molar-refractivity contribution is 5.74. The van der Waals surface area contributed by atoms with Crippen LogP contribution in [0, 0.1) is 5.92 Å². The Morgan fingerprint density at radius 3 is 2.48 bits per heavy atom. The van der Waals surface area contributed by atoms with Crippen molar-refractivity contribution in [3.63, 3.8) is 0 Å². The van der Waals surface area contributed by atoms with E-state index < -0.39 is 5.97 Å². The normalized spacial score (nSPS) is 27.4. The van der Waals surface area contributed by atoms with E-state index in [2.05, 4.69) is 11.4 Å². The van der Waals surface area contributed by atoms with Gasteiger partial charge in [0.2, 0.25) is 0 Å². The number of rotatable bonds is 2. The van der Waals surface area contributed by atoms with Gasteiger partial charge in [-0.25, -0.2) is 0 Å². The summed E-state index contributed by atoms with van der Waals surface area (Å²) in [6.07, 6.45) is 8.74. The summed E-state index contributed by atoms with van der Waals surface area (Å²) in [5.74, 6) is -0.373. The number of carbonyl (C=O) groups is 1. The van der Waals surface area contributed by atoms with Crippen LogP contribution in [0.3, 0.4) is 0 Å². The molecule has 1 aliphatic carbocycles. The zero-order valence-corrected chi connectivity index (χ0v) is 12.1. The molecule has 0 spiro atoms. The van der Waals surface area contributed by atoms with Gasteiger partial charge in [0.05, 0.1) is 0 Å². The monoisotopic (exact) mass is 286 g/mol. The van der Waals surface area contributed by atoms with E-state index in [1.807, 2.05) is 55.5 Å². The molecule has 1 aromatic carbocycles. The molecule has 2 unspecified atom stereocenters. The van der Waals surface area contributed by atoms with Crippen molar-refractivity contribution in [2.45, 2.75) is 31.5 Å². The SMILES string of the molecule is C[C@@H](N)c1ccccc1.O=C(O)[C@@H]1CC2C=CC=CC2N1. The number of benzene rings is 1. The zero-order chi connectivity index (χ0) is 15.2. The van der Waals surface area contributed by atoms with E-state index in [9.17, 15) is 4.79 Å². The molecule has 4 nitrogen and oxygen atoms in total. The summed E-state index contributed by atoms with van der Waals surface area (Å²) in [5, 5.41) is 11.8. The maximum absolute atomic E-state index is 10.6. The van der Waals surface area contributed by atoms with Crippen molar-refractivity contribution in [3.8, 4) is 0 Å². The van der Waals surface area contributed by atoms with Crippen LogP contribution < -0.4 is 11.1 Å². The van der Waals surface area contributed by atoms with Gasteiger partial charge in [0.1, 0.15) is 6.04 Å². The molecule has 0 saturated carbocycles. The zero-order valence-electron chi connectivity index (χ0n) is 12.1. The van der Waals surface area contributed by atoms with Crippen LogP contribution in [-0.2, 0) is 4.79 Å². The molecule has 4 atom stereocenters. The third-order valence-corrected chi connectivity index (χ3v) is 3.77. The highest BCUT2D eigenvalue weighted by Crippen LogP contribution is 2.25. The average molecular weight is 286 g/mol. The van der Waals surface area contributed by atoms with E-state index in [0.29, 0.717) is 12.3 Å². The van der Waals surface area contributed by atoms with Crippen molar-refractivity contribution in [2.24, 2.45) is 11.7 Å². The lowest BCUT2D eigenvalue weighted by Gasteiger charge is -2.13. The number of aliphatic carboxylic acids is 1. The second-order valence-corrected chi connectivity index (χ2v) is 5.45. The number of hydrogen-bond acceptors (Lipinski definition) is 3. The van der Waals surface area contributed by atoms with E-state index in [1.54, 1.807) is 0 Å². The summed E-state index contributed by atoms with van der Waals surface area (Å²) in [6, 6.07) is 10.1. The molecule has 21 heavy (non-hydrogen) atoms. The van der Waals surface area contributed by atoms with Crippen LogP contribution in [0.1, 0.15) is 24.9 Å². The second-order valence-electron chi connectivity index (χ2n) is 5.45. The van der Waals surface area contributed by atoms with E-state index in [-0.39, 0.29) is 18.1 Å². The Labute approximate surface area is 125 Å². The van der Waals surface area contributed by atoms with Crippen molar-refractivity contribution < 1.29 is 9.90 Å². The largest absolute Gasteiger partial charge is 0.480 e. The molecule has 0 amide bonds. The summed E-state index contributed by atoms with van der Waals surface area (Å²) in [6.45, 7) is 1.98. The Hall–Kier alpha value is -1.91. The van der Waals surface area contributed by atoms with Crippen LogP contribution in [0.15, 0.2) is 54.6 Å². The van der Waals surface area contributed by atoms with Crippen LogP contribution in [0.25, 0.3) is 0 Å². The van der Waals surface area contributed by atoms with Crippen molar-refractivity contribution in [3.05, 3.63) is 60.2 Å². The van der Waals surface area contributed by atoms with E-state index in [4.69, 9.17) is 10.8 Å². The first-order valence-corrected chi connectivity index (χ1v) is 7.22. The number of hydrogen-bond donors (Lipinski definition) is 3. The Kier molecular flexibility index (Phi) is 5.31. The van der Waals surface area contributed by atoms with Gasteiger partial charge in [0.25, 0.3) is 0 Å². The minimum Gasteiger partial charge on any atom is -0.480 e. The fraction of sp³-hybridized carbons (Fsp3) is 0.353. The van der Waals surface area contributed by atoms with Crippen LogP contribution in [0.2, 0.25) is 0 Å². The molecule has 112 valence electrons. The molecule has 2 aliphatic rings. The maximum atomic E-state index is 10.6. The fourth-order valence-electron chi connectivity index (χ4n) is 2.56. The summed E-state index contributed by atoms with van der Waals surface area (Å²) in [7, 11) is 0. The summed E-state index contributed by atoms with van der Waals surface area (Å²) in [4.78, 5) is 10.6. The van der Waals surface area contributed by atoms with Gasteiger partial charge < -0.3 is 10.8 Å². The quantitative estimate of drug-likeness (QED) is 0.779. The highest BCUT2D eigenvalue weighted by atomic mass is 16.4. The lowest BCUT2D eigenvalue weighted by Crippen LogP contribution is -2.35. The van der Waals surface area contributed by atoms with Crippen molar-refractivity contribution >= 4 is 5.97 Å². The van der Waals surface area contributed by atoms with Gasteiger partial charge >= 0.3 is 5.97 Å². The van der Waals surface area contributed by atoms with E-state index in [0.717, 1.165) is 0 Å². The van der Waals surface area contributed by atoms with Crippen molar-refractivity contribution in [1.29, 1.82) is 0 Å². The standard InChI is InChI=1S/C9H11NO2.C8H11N/c11-9(12)8-5-6-3-1-2-4-7(6)10-8;1-7(9)8-5-3-2-4-6-8/h1-4,6-8,10H,5H2,(H,11,12);2-7H,9H2,1H3/t6?,7?,8-;7-/m01/s1. The first-order chi connectivity index (χ1) is 10.1. The molecule has 1 heterocycles. The molecule has 4 N–H and O–H groups in total. The summed E-state index contributed by atoms with van der Waals surface area (Å²) >= 11 is 0. The predicted molar refractivity (Wildman–Crippen MR) is 83.8 cm³/mol. The molecular weight excluding hydrogens is 264 g/mol. The number of carboxylic acids is 1. The number of carboxylic acid groups (broad SMARTS) is 1. The fourth-order valence-corrected chi connectivity index (χ4v) is 2.56. The smallest absolute Gasteiger partial charge is 0.320 e. The van der Waals surface area contributed by atoms with Crippen molar-refractivity contribution in [2.75, 3.05) is 0 Å². The number of nitrogens with one attached hydrogen (secondary N) is 1. The molecule has 4 heteroatoms. The minimum atomic E-state index is -0.744. The van der Waals surface area contributed by atoms with Gasteiger partial charge in [0, 0.05) is 12.1 Å². The van der Waals surface area contributed by atoms with Gasteiger partial charge in [0.15, 0.2) is 0 Å². The lowest BCUT2D eigenvalue weighted by molar-refractivity contribution is -0.139. The van der Waals surface area contributed by atoms with Gasteiger partial charge in [-0.15, -0.1) is 0 Å². The number of nitrogens with two attached hydrogens (primary N) is 1. The van der Waals surface area contributed by atoms with Gasteiger partial charge in [-0.2, -0.15) is 0 Å². The summed E-state index contributed by atoms with van der Waals surface area (Å²) < 4.78 is 0. The molecule has 3 rings (SSSR count).